The lowest BCUT2D eigenvalue weighted by molar-refractivity contribution is 0.116. The molecule has 0 spiro atoms. The van der Waals surface area contributed by atoms with Crippen LogP contribution in [0.3, 0.4) is 0 Å². The summed E-state index contributed by atoms with van der Waals surface area (Å²) in [4.78, 5) is 3.95. The number of aliphatic imine (C=N–C) groups is 1. The number of hydrogen-bond acceptors (Lipinski definition) is 3. The SMILES string of the molecule is CC/C=C1/OCCOC1=NC. The summed E-state index contributed by atoms with van der Waals surface area (Å²) in [7, 11) is 1.70. The highest BCUT2D eigenvalue weighted by Gasteiger charge is 2.13. The van der Waals surface area contributed by atoms with E-state index < -0.39 is 0 Å². The highest BCUT2D eigenvalue weighted by Crippen LogP contribution is 2.08. The summed E-state index contributed by atoms with van der Waals surface area (Å²) in [6.45, 7) is 3.29. The first-order valence-corrected chi connectivity index (χ1v) is 3.81. The van der Waals surface area contributed by atoms with E-state index in [0.29, 0.717) is 19.1 Å². The van der Waals surface area contributed by atoms with Gasteiger partial charge in [-0.15, -0.1) is 0 Å². The molecule has 0 aromatic rings. The first-order valence-electron chi connectivity index (χ1n) is 3.81. The lowest BCUT2D eigenvalue weighted by Gasteiger charge is -2.18. The fourth-order valence-corrected chi connectivity index (χ4v) is 0.929. The molecule has 1 rings (SSSR count). The zero-order valence-electron chi connectivity index (χ0n) is 6.96. The van der Waals surface area contributed by atoms with Crippen LogP contribution >= 0.6 is 0 Å². The van der Waals surface area contributed by atoms with E-state index in [1.807, 2.05) is 6.08 Å². The maximum absolute atomic E-state index is 5.33. The normalized spacial score (nSPS) is 24.9. The van der Waals surface area contributed by atoms with Crippen LogP contribution in [0.5, 0.6) is 0 Å². The molecule has 0 aromatic carbocycles. The molecule has 1 aliphatic rings. The molecule has 1 aliphatic heterocycles. The quantitative estimate of drug-likeness (QED) is 0.572. The molecule has 0 aromatic heterocycles. The average molecular weight is 155 g/mol. The van der Waals surface area contributed by atoms with Crippen LogP contribution in [0.15, 0.2) is 16.8 Å². The summed E-state index contributed by atoms with van der Waals surface area (Å²) in [5.41, 5.74) is 0. The summed E-state index contributed by atoms with van der Waals surface area (Å²) in [6, 6.07) is 0. The third-order valence-corrected chi connectivity index (χ3v) is 1.38. The molecule has 0 amide bonds. The Balaban J connectivity index is 2.67. The van der Waals surface area contributed by atoms with Crippen LogP contribution in [0.2, 0.25) is 0 Å². The number of hydrogen-bond donors (Lipinski definition) is 0. The van der Waals surface area contributed by atoms with E-state index in [4.69, 9.17) is 9.47 Å². The van der Waals surface area contributed by atoms with Gasteiger partial charge in [-0.25, -0.2) is 0 Å². The minimum absolute atomic E-state index is 0.605. The molecule has 0 atom stereocenters. The van der Waals surface area contributed by atoms with Crippen molar-refractivity contribution in [3.63, 3.8) is 0 Å². The van der Waals surface area contributed by atoms with Crippen molar-refractivity contribution in [3.8, 4) is 0 Å². The van der Waals surface area contributed by atoms with Gasteiger partial charge < -0.3 is 9.47 Å². The van der Waals surface area contributed by atoms with Crippen molar-refractivity contribution < 1.29 is 9.47 Å². The van der Waals surface area contributed by atoms with Crippen LogP contribution in [0.1, 0.15) is 13.3 Å². The van der Waals surface area contributed by atoms with Crippen molar-refractivity contribution in [2.45, 2.75) is 13.3 Å². The van der Waals surface area contributed by atoms with Gasteiger partial charge in [0.1, 0.15) is 13.2 Å². The van der Waals surface area contributed by atoms with Gasteiger partial charge in [-0.2, -0.15) is 0 Å². The molecule has 1 fully saturated rings. The smallest absolute Gasteiger partial charge is 0.251 e. The Morgan fingerprint density at radius 3 is 2.82 bits per heavy atom. The molecule has 0 unspecified atom stereocenters. The first kappa shape index (κ1) is 8.11. The van der Waals surface area contributed by atoms with Crippen molar-refractivity contribution in [2.75, 3.05) is 20.3 Å². The lowest BCUT2D eigenvalue weighted by Crippen LogP contribution is -2.21. The number of ether oxygens (including phenoxy) is 2. The fraction of sp³-hybridized carbons (Fsp3) is 0.625. The van der Waals surface area contributed by atoms with Crippen LogP contribution < -0.4 is 0 Å². The van der Waals surface area contributed by atoms with E-state index in [9.17, 15) is 0 Å². The second-order valence-corrected chi connectivity index (χ2v) is 2.20. The summed E-state index contributed by atoms with van der Waals surface area (Å²) >= 11 is 0. The van der Waals surface area contributed by atoms with Gasteiger partial charge in [0.05, 0.1) is 0 Å². The molecule has 0 N–H and O–H groups in total. The Bertz CT molecular complexity index is 185. The van der Waals surface area contributed by atoms with Gasteiger partial charge in [0.25, 0.3) is 5.90 Å². The van der Waals surface area contributed by atoms with Gasteiger partial charge in [0, 0.05) is 7.05 Å². The minimum Gasteiger partial charge on any atom is -0.485 e. The predicted octanol–water partition coefficient (Wildman–Crippen LogP) is 1.36. The van der Waals surface area contributed by atoms with E-state index >= 15 is 0 Å². The number of rotatable bonds is 1. The molecule has 0 saturated carbocycles. The summed E-state index contributed by atoms with van der Waals surface area (Å²) < 4.78 is 10.6. The number of allylic oxidation sites excluding steroid dienone is 1. The molecule has 3 nitrogen and oxygen atoms in total. The van der Waals surface area contributed by atoms with E-state index in [-0.39, 0.29) is 0 Å². The standard InChI is InChI=1S/C8H13NO2/c1-3-4-7-8(9-2)11-6-5-10-7/h4H,3,5-6H2,1-2H3/b7-4+,9-8?. The van der Waals surface area contributed by atoms with Crippen LogP contribution in [0.4, 0.5) is 0 Å². The highest BCUT2D eigenvalue weighted by atomic mass is 16.6. The molecule has 62 valence electrons. The van der Waals surface area contributed by atoms with E-state index in [1.165, 1.54) is 0 Å². The second-order valence-electron chi connectivity index (χ2n) is 2.20. The van der Waals surface area contributed by atoms with Crippen LogP contribution in [0, 0.1) is 0 Å². The van der Waals surface area contributed by atoms with Gasteiger partial charge in [0.15, 0.2) is 5.76 Å². The molecular formula is C8H13NO2. The molecule has 0 aliphatic carbocycles. The third-order valence-electron chi connectivity index (χ3n) is 1.38. The maximum atomic E-state index is 5.33. The van der Waals surface area contributed by atoms with Crippen molar-refractivity contribution >= 4 is 5.90 Å². The average Bonchev–Trinajstić information content (AvgIpc) is 2.06. The van der Waals surface area contributed by atoms with E-state index in [2.05, 4.69) is 11.9 Å². The van der Waals surface area contributed by atoms with E-state index in [0.717, 1.165) is 12.2 Å². The largest absolute Gasteiger partial charge is 0.485 e. The Morgan fingerprint density at radius 2 is 2.18 bits per heavy atom. The third kappa shape index (κ3) is 1.97. The summed E-state index contributed by atoms with van der Waals surface area (Å²) in [5.74, 6) is 1.40. The van der Waals surface area contributed by atoms with Crippen LogP contribution in [-0.4, -0.2) is 26.2 Å². The monoisotopic (exact) mass is 155 g/mol. The van der Waals surface area contributed by atoms with Crippen molar-refractivity contribution in [3.05, 3.63) is 11.8 Å². The predicted molar refractivity (Wildman–Crippen MR) is 43.6 cm³/mol. The summed E-state index contributed by atoms with van der Waals surface area (Å²) in [6.07, 6.45) is 2.92. The fourth-order valence-electron chi connectivity index (χ4n) is 0.929. The topological polar surface area (TPSA) is 30.8 Å². The van der Waals surface area contributed by atoms with Gasteiger partial charge in [-0.3, -0.25) is 4.99 Å². The van der Waals surface area contributed by atoms with Crippen molar-refractivity contribution in [2.24, 2.45) is 4.99 Å². The summed E-state index contributed by atoms with van der Waals surface area (Å²) in [5, 5.41) is 0. The zero-order chi connectivity index (χ0) is 8.10. The van der Waals surface area contributed by atoms with E-state index in [1.54, 1.807) is 7.05 Å². The Kier molecular flexibility index (Phi) is 2.95. The minimum atomic E-state index is 0.605. The molecule has 11 heavy (non-hydrogen) atoms. The van der Waals surface area contributed by atoms with Crippen molar-refractivity contribution in [1.29, 1.82) is 0 Å². The zero-order valence-corrected chi connectivity index (χ0v) is 6.96. The molecule has 0 bridgehead atoms. The van der Waals surface area contributed by atoms with Crippen LogP contribution in [0.25, 0.3) is 0 Å². The Morgan fingerprint density at radius 1 is 1.45 bits per heavy atom. The highest BCUT2D eigenvalue weighted by molar-refractivity contribution is 5.91. The van der Waals surface area contributed by atoms with Crippen molar-refractivity contribution in [1.82, 2.24) is 0 Å². The first-order chi connectivity index (χ1) is 5.38. The Labute approximate surface area is 66.7 Å². The van der Waals surface area contributed by atoms with Gasteiger partial charge in [-0.1, -0.05) is 6.92 Å². The van der Waals surface area contributed by atoms with Gasteiger partial charge in [0.2, 0.25) is 0 Å². The van der Waals surface area contributed by atoms with Gasteiger partial charge in [-0.05, 0) is 12.5 Å². The Hall–Kier alpha value is -0.990. The molecular weight excluding hydrogens is 142 g/mol. The molecule has 0 radical (unpaired) electrons. The second kappa shape index (κ2) is 4.01. The molecule has 1 saturated heterocycles. The maximum Gasteiger partial charge on any atom is 0.251 e. The molecule has 3 heteroatoms. The number of nitrogens with zero attached hydrogens (tertiary/aromatic N) is 1. The van der Waals surface area contributed by atoms with Crippen LogP contribution in [-0.2, 0) is 9.47 Å². The molecule has 1 heterocycles. The van der Waals surface area contributed by atoms with Gasteiger partial charge >= 0.3 is 0 Å². The lowest BCUT2D eigenvalue weighted by atomic mass is 10.3.